The van der Waals surface area contributed by atoms with E-state index in [1.165, 1.54) is 31.0 Å². The molecule has 0 radical (unpaired) electrons. The van der Waals surface area contributed by atoms with Crippen LogP contribution in [0, 0.1) is 0 Å². The molecule has 2 rings (SSSR count). The van der Waals surface area contributed by atoms with E-state index in [0.717, 1.165) is 12.1 Å². The smallest absolute Gasteiger partial charge is 0.416 e. The minimum absolute atomic E-state index is 0.148. The number of hydrogen-bond donors (Lipinski definition) is 1. The summed E-state index contributed by atoms with van der Waals surface area (Å²) < 4.78 is 43.4. The first-order chi connectivity index (χ1) is 11.8. The molecule has 0 unspecified atom stereocenters. The SMILES string of the molecule is COC(=O)CNC1=C(c2cccc(C(F)(F)F)c2)C(=O)/C(=C/SC)C1. The quantitative estimate of drug-likeness (QED) is 0.635. The van der Waals surface area contributed by atoms with Crippen LogP contribution in [0.25, 0.3) is 5.57 Å². The zero-order chi connectivity index (χ0) is 18.6. The van der Waals surface area contributed by atoms with Crippen LogP contribution in [0.1, 0.15) is 17.5 Å². The number of ether oxygens (including phenoxy) is 1. The Hall–Kier alpha value is -2.22. The number of rotatable bonds is 5. The maximum absolute atomic E-state index is 13.0. The van der Waals surface area contributed by atoms with E-state index in [1.807, 2.05) is 0 Å². The first-order valence-electron chi connectivity index (χ1n) is 7.26. The zero-order valence-electron chi connectivity index (χ0n) is 13.6. The maximum atomic E-state index is 13.0. The van der Waals surface area contributed by atoms with Gasteiger partial charge in [0.2, 0.25) is 0 Å². The molecule has 1 N–H and O–H groups in total. The summed E-state index contributed by atoms with van der Waals surface area (Å²) in [4.78, 5) is 23.9. The molecule has 4 nitrogen and oxygen atoms in total. The number of thioether (sulfide) groups is 1. The number of hydrogen-bond acceptors (Lipinski definition) is 5. The molecule has 0 amide bonds. The molecule has 1 aliphatic rings. The number of carbonyl (C=O) groups excluding carboxylic acids is 2. The Morgan fingerprint density at radius 2 is 2.12 bits per heavy atom. The number of esters is 1. The van der Waals surface area contributed by atoms with Gasteiger partial charge in [-0.15, -0.1) is 11.8 Å². The van der Waals surface area contributed by atoms with Crippen LogP contribution in [0.2, 0.25) is 0 Å². The third kappa shape index (κ3) is 4.45. The van der Waals surface area contributed by atoms with E-state index in [0.29, 0.717) is 11.3 Å². The zero-order valence-corrected chi connectivity index (χ0v) is 14.4. The predicted molar refractivity (Wildman–Crippen MR) is 89.6 cm³/mol. The van der Waals surface area contributed by atoms with Gasteiger partial charge in [0.1, 0.15) is 6.54 Å². The third-order valence-corrected chi connectivity index (χ3v) is 4.12. The molecule has 0 saturated heterocycles. The van der Waals surface area contributed by atoms with Gasteiger partial charge < -0.3 is 10.1 Å². The van der Waals surface area contributed by atoms with Crippen LogP contribution in [0.15, 0.2) is 40.9 Å². The van der Waals surface area contributed by atoms with Gasteiger partial charge >= 0.3 is 12.1 Å². The van der Waals surface area contributed by atoms with Crippen LogP contribution < -0.4 is 5.32 Å². The molecule has 0 heterocycles. The minimum atomic E-state index is -4.50. The highest BCUT2D eigenvalue weighted by molar-refractivity contribution is 8.01. The number of nitrogens with one attached hydrogen (secondary N) is 1. The maximum Gasteiger partial charge on any atom is 0.416 e. The highest BCUT2D eigenvalue weighted by Crippen LogP contribution is 2.37. The molecule has 0 fully saturated rings. The Morgan fingerprint density at radius 1 is 1.40 bits per heavy atom. The Bertz CT molecular complexity index is 754. The van der Waals surface area contributed by atoms with Crippen LogP contribution in [0.3, 0.4) is 0 Å². The number of ketones is 1. The molecule has 0 aromatic heterocycles. The molecule has 0 bridgehead atoms. The molecule has 1 aliphatic carbocycles. The largest absolute Gasteiger partial charge is 0.468 e. The summed E-state index contributed by atoms with van der Waals surface area (Å²) in [5.41, 5.74) is 0.356. The molecule has 0 aliphatic heterocycles. The van der Waals surface area contributed by atoms with Crippen LogP contribution in [-0.2, 0) is 20.5 Å². The van der Waals surface area contributed by atoms with Crippen LogP contribution in [0.4, 0.5) is 13.2 Å². The van der Waals surface area contributed by atoms with E-state index in [-0.39, 0.29) is 29.9 Å². The molecular formula is C17H16F3NO3S. The molecule has 25 heavy (non-hydrogen) atoms. The summed E-state index contributed by atoms with van der Waals surface area (Å²) in [5.74, 6) is -0.883. The van der Waals surface area contributed by atoms with Gasteiger partial charge in [0.15, 0.2) is 5.78 Å². The molecule has 0 saturated carbocycles. The van der Waals surface area contributed by atoms with Gasteiger partial charge in [0.05, 0.1) is 12.7 Å². The van der Waals surface area contributed by atoms with Crippen molar-refractivity contribution in [2.24, 2.45) is 0 Å². The van der Waals surface area contributed by atoms with Crippen LogP contribution in [-0.4, -0.2) is 31.7 Å². The number of halogens is 3. The van der Waals surface area contributed by atoms with Crippen LogP contribution >= 0.6 is 11.8 Å². The van der Waals surface area contributed by atoms with Crippen molar-refractivity contribution in [2.75, 3.05) is 19.9 Å². The van der Waals surface area contributed by atoms with E-state index >= 15 is 0 Å². The molecule has 1 aromatic carbocycles. The second kappa shape index (κ2) is 7.77. The van der Waals surface area contributed by atoms with Crippen molar-refractivity contribution in [3.8, 4) is 0 Å². The van der Waals surface area contributed by atoms with Crippen molar-refractivity contribution in [1.29, 1.82) is 0 Å². The standard InChI is InChI=1S/C17H16F3NO3S/c1-24-14(22)8-21-13-7-11(9-25-2)16(23)15(13)10-4-3-5-12(6-10)17(18,19)20/h3-6,9,21H,7-8H2,1-2H3/b11-9+. The Labute approximate surface area is 147 Å². The van der Waals surface area contributed by atoms with Gasteiger partial charge in [0.25, 0.3) is 0 Å². The predicted octanol–water partition coefficient (Wildman–Crippen LogP) is 3.40. The second-order valence-corrected chi connectivity index (χ2v) is 5.95. The van der Waals surface area contributed by atoms with Crippen molar-refractivity contribution in [3.05, 3.63) is 52.1 Å². The lowest BCUT2D eigenvalue weighted by Gasteiger charge is -2.11. The molecule has 1 aromatic rings. The van der Waals surface area contributed by atoms with E-state index < -0.39 is 17.7 Å². The lowest BCUT2D eigenvalue weighted by molar-refractivity contribution is -0.139. The molecule has 134 valence electrons. The third-order valence-electron chi connectivity index (χ3n) is 3.60. The van der Waals surface area contributed by atoms with Gasteiger partial charge in [-0.25, -0.2) is 0 Å². The van der Waals surface area contributed by atoms with Gasteiger partial charge in [-0.2, -0.15) is 13.2 Å². The highest BCUT2D eigenvalue weighted by atomic mass is 32.2. The van der Waals surface area contributed by atoms with Crippen LogP contribution in [0.5, 0.6) is 0 Å². The number of Topliss-reactive ketones (excluding diaryl/α,β-unsaturated/α-hetero) is 1. The van der Waals surface area contributed by atoms with Crippen molar-refractivity contribution >= 4 is 29.1 Å². The normalized spacial score (nSPS) is 16.5. The highest BCUT2D eigenvalue weighted by Gasteiger charge is 2.33. The molecule has 8 heteroatoms. The van der Waals surface area contributed by atoms with E-state index in [1.54, 1.807) is 11.7 Å². The van der Waals surface area contributed by atoms with Crippen molar-refractivity contribution < 1.29 is 27.5 Å². The average Bonchev–Trinajstić information content (AvgIpc) is 2.88. The fraction of sp³-hybridized carbons (Fsp3) is 0.294. The second-order valence-electron chi connectivity index (χ2n) is 5.25. The van der Waals surface area contributed by atoms with Crippen molar-refractivity contribution in [2.45, 2.75) is 12.6 Å². The average molecular weight is 371 g/mol. The summed E-state index contributed by atoms with van der Waals surface area (Å²) in [7, 11) is 1.23. The van der Waals surface area contributed by atoms with Gasteiger partial charge in [-0.1, -0.05) is 12.1 Å². The van der Waals surface area contributed by atoms with E-state index in [4.69, 9.17) is 0 Å². The topological polar surface area (TPSA) is 55.4 Å². The summed E-state index contributed by atoms with van der Waals surface area (Å²) in [6.07, 6.45) is -2.50. The first kappa shape index (κ1) is 19.1. The summed E-state index contributed by atoms with van der Waals surface area (Å²) >= 11 is 1.33. The Morgan fingerprint density at radius 3 is 2.72 bits per heavy atom. The fourth-order valence-corrected chi connectivity index (χ4v) is 2.93. The lowest BCUT2D eigenvalue weighted by atomic mass is 10.00. The lowest BCUT2D eigenvalue weighted by Crippen LogP contribution is -2.23. The number of benzene rings is 1. The Kier molecular flexibility index (Phi) is 5.94. The monoisotopic (exact) mass is 371 g/mol. The van der Waals surface area contributed by atoms with Gasteiger partial charge in [-0.05, 0) is 29.4 Å². The van der Waals surface area contributed by atoms with Gasteiger partial charge in [0, 0.05) is 23.3 Å². The Balaban J connectivity index is 2.45. The van der Waals surface area contributed by atoms with E-state index in [9.17, 15) is 22.8 Å². The first-order valence-corrected chi connectivity index (χ1v) is 8.54. The van der Waals surface area contributed by atoms with E-state index in [2.05, 4.69) is 10.1 Å². The summed E-state index contributed by atoms with van der Waals surface area (Å²) in [6.45, 7) is -0.172. The molecule has 0 spiro atoms. The number of methoxy groups -OCH3 is 1. The number of carbonyl (C=O) groups is 2. The molecular weight excluding hydrogens is 355 g/mol. The van der Waals surface area contributed by atoms with Gasteiger partial charge in [-0.3, -0.25) is 9.59 Å². The number of alkyl halides is 3. The molecule has 0 atom stereocenters. The summed E-state index contributed by atoms with van der Waals surface area (Å²) in [6, 6.07) is 4.59. The van der Waals surface area contributed by atoms with Crippen molar-refractivity contribution in [3.63, 3.8) is 0 Å². The number of allylic oxidation sites excluding steroid dienone is 2. The minimum Gasteiger partial charge on any atom is -0.468 e. The summed E-state index contributed by atoms with van der Waals surface area (Å²) in [5, 5.41) is 4.47. The van der Waals surface area contributed by atoms with Crippen molar-refractivity contribution in [1.82, 2.24) is 5.32 Å². The fourth-order valence-electron chi connectivity index (χ4n) is 2.45.